The average Bonchev–Trinajstić information content (AvgIpc) is 3.09. The maximum absolute atomic E-state index is 10.8. The summed E-state index contributed by atoms with van der Waals surface area (Å²) >= 11 is 7.27. The van der Waals surface area contributed by atoms with Crippen LogP contribution in [0, 0.1) is 0 Å². The summed E-state index contributed by atoms with van der Waals surface area (Å²) in [5.41, 5.74) is 1.19. The third-order valence-electron chi connectivity index (χ3n) is 2.05. The van der Waals surface area contributed by atoms with Gasteiger partial charge >= 0.3 is 5.97 Å². The first-order chi connectivity index (χ1) is 7.72. The molecule has 0 spiro atoms. The SMILES string of the molecule is C1CC1.COC(=O)CCCc1csc(Cl)c1. The summed E-state index contributed by atoms with van der Waals surface area (Å²) in [6.45, 7) is 0. The van der Waals surface area contributed by atoms with Crippen molar-refractivity contribution in [2.24, 2.45) is 0 Å². The van der Waals surface area contributed by atoms with Gasteiger partial charge in [-0.1, -0.05) is 30.9 Å². The molecule has 1 heterocycles. The molecule has 0 saturated heterocycles. The number of esters is 1. The predicted molar refractivity (Wildman–Crippen MR) is 68.1 cm³/mol. The van der Waals surface area contributed by atoms with Crippen LogP contribution in [0.25, 0.3) is 0 Å². The van der Waals surface area contributed by atoms with Gasteiger partial charge in [-0.3, -0.25) is 4.79 Å². The normalized spacial score (nSPS) is 12.6. The van der Waals surface area contributed by atoms with Gasteiger partial charge in [-0.2, -0.15) is 0 Å². The Balaban J connectivity index is 0.000000365. The van der Waals surface area contributed by atoms with Crippen LogP contribution in [0.1, 0.15) is 37.7 Å². The number of ether oxygens (including phenoxy) is 1. The lowest BCUT2D eigenvalue weighted by Gasteiger charge is -1.97. The Labute approximate surface area is 106 Å². The molecular formula is C12H17ClO2S. The smallest absolute Gasteiger partial charge is 0.305 e. The van der Waals surface area contributed by atoms with Crippen molar-refractivity contribution in [1.82, 2.24) is 0 Å². The first-order valence-corrected chi connectivity index (χ1v) is 6.78. The Kier molecular flexibility index (Phi) is 6.50. The van der Waals surface area contributed by atoms with Crippen LogP contribution >= 0.6 is 22.9 Å². The van der Waals surface area contributed by atoms with E-state index in [1.165, 1.54) is 43.3 Å². The van der Waals surface area contributed by atoms with Gasteiger partial charge in [-0.25, -0.2) is 0 Å². The van der Waals surface area contributed by atoms with E-state index >= 15 is 0 Å². The molecule has 0 aliphatic heterocycles. The predicted octanol–water partition coefficient (Wildman–Crippen LogP) is 4.07. The molecule has 0 radical (unpaired) electrons. The molecule has 0 unspecified atom stereocenters. The monoisotopic (exact) mass is 260 g/mol. The summed E-state index contributed by atoms with van der Waals surface area (Å²) in [5.74, 6) is -0.152. The molecule has 2 nitrogen and oxygen atoms in total. The van der Waals surface area contributed by atoms with Gasteiger partial charge in [0.15, 0.2) is 0 Å². The number of carbonyl (C=O) groups is 1. The molecule has 0 amide bonds. The second-order valence-electron chi connectivity index (χ2n) is 3.75. The number of halogens is 1. The maximum atomic E-state index is 10.8. The van der Waals surface area contributed by atoms with Crippen LogP contribution in [-0.4, -0.2) is 13.1 Å². The largest absolute Gasteiger partial charge is 0.469 e. The molecule has 1 aliphatic carbocycles. The standard InChI is InChI=1S/C9H11ClO2S.C3H6/c1-12-9(11)4-2-3-7-5-8(10)13-6-7;1-2-3-1/h5-6H,2-4H2,1H3;1-3H2. The van der Waals surface area contributed by atoms with Crippen molar-refractivity contribution in [1.29, 1.82) is 0 Å². The highest BCUT2D eigenvalue weighted by Crippen LogP contribution is 2.21. The fraction of sp³-hybridized carbons (Fsp3) is 0.583. The van der Waals surface area contributed by atoms with Crippen molar-refractivity contribution in [2.45, 2.75) is 38.5 Å². The number of rotatable bonds is 4. The highest BCUT2D eigenvalue weighted by Gasteiger charge is 2.01. The third kappa shape index (κ3) is 6.85. The van der Waals surface area contributed by atoms with Crippen molar-refractivity contribution < 1.29 is 9.53 Å². The molecule has 0 aromatic carbocycles. The van der Waals surface area contributed by atoms with E-state index in [-0.39, 0.29) is 5.97 Å². The van der Waals surface area contributed by atoms with E-state index in [0.29, 0.717) is 6.42 Å². The van der Waals surface area contributed by atoms with Crippen LogP contribution in [0.5, 0.6) is 0 Å². The van der Waals surface area contributed by atoms with Crippen molar-refractivity contribution in [3.8, 4) is 0 Å². The first-order valence-electron chi connectivity index (χ1n) is 5.52. The molecule has 1 aliphatic rings. The molecule has 0 atom stereocenters. The van der Waals surface area contributed by atoms with E-state index < -0.39 is 0 Å². The molecule has 1 fully saturated rings. The topological polar surface area (TPSA) is 26.3 Å². The van der Waals surface area contributed by atoms with Crippen molar-refractivity contribution >= 4 is 28.9 Å². The molecule has 1 aromatic rings. The van der Waals surface area contributed by atoms with Crippen LogP contribution < -0.4 is 0 Å². The van der Waals surface area contributed by atoms with Gasteiger partial charge in [0.1, 0.15) is 0 Å². The zero-order chi connectivity index (χ0) is 11.8. The van der Waals surface area contributed by atoms with Gasteiger partial charge < -0.3 is 4.74 Å². The van der Waals surface area contributed by atoms with Crippen LogP contribution in [0.3, 0.4) is 0 Å². The van der Waals surface area contributed by atoms with Crippen LogP contribution in [0.2, 0.25) is 4.34 Å². The van der Waals surface area contributed by atoms with Crippen molar-refractivity contribution in [3.05, 3.63) is 21.3 Å². The summed E-state index contributed by atoms with van der Waals surface area (Å²) in [7, 11) is 1.41. The number of aryl methyl sites for hydroxylation is 1. The van der Waals surface area contributed by atoms with Crippen molar-refractivity contribution in [3.63, 3.8) is 0 Å². The molecule has 90 valence electrons. The third-order valence-corrected chi connectivity index (χ3v) is 3.19. The van der Waals surface area contributed by atoms with E-state index in [0.717, 1.165) is 17.2 Å². The zero-order valence-electron chi connectivity index (χ0n) is 9.50. The minimum atomic E-state index is -0.152. The molecule has 0 bridgehead atoms. The minimum Gasteiger partial charge on any atom is -0.469 e. The van der Waals surface area contributed by atoms with Crippen molar-refractivity contribution in [2.75, 3.05) is 7.11 Å². The van der Waals surface area contributed by atoms with Gasteiger partial charge in [-0.15, -0.1) is 11.3 Å². The zero-order valence-corrected chi connectivity index (χ0v) is 11.1. The minimum absolute atomic E-state index is 0.152. The summed E-state index contributed by atoms with van der Waals surface area (Å²) < 4.78 is 5.33. The summed E-state index contributed by atoms with van der Waals surface area (Å²) in [6.07, 6.45) is 6.68. The summed E-state index contributed by atoms with van der Waals surface area (Å²) in [5, 5.41) is 2.01. The molecule has 0 N–H and O–H groups in total. The van der Waals surface area contributed by atoms with Crippen LogP contribution in [0.4, 0.5) is 0 Å². The van der Waals surface area contributed by atoms with E-state index in [1.807, 2.05) is 11.4 Å². The lowest BCUT2D eigenvalue weighted by molar-refractivity contribution is -0.140. The molecule has 1 aromatic heterocycles. The van der Waals surface area contributed by atoms with E-state index in [2.05, 4.69) is 4.74 Å². The molecule has 16 heavy (non-hydrogen) atoms. The van der Waals surface area contributed by atoms with E-state index in [1.54, 1.807) is 0 Å². The number of hydrogen-bond acceptors (Lipinski definition) is 3. The number of thiophene rings is 1. The Morgan fingerprint density at radius 3 is 2.62 bits per heavy atom. The summed E-state index contributed by atoms with van der Waals surface area (Å²) in [4.78, 5) is 10.8. The molecule has 2 rings (SSSR count). The fourth-order valence-electron chi connectivity index (χ4n) is 1.02. The summed E-state index contributed by atoms with van der Waals surface area (Å²) in [6, 6.07) is 1.93. The Hall–Kier alpha value is -0.540. The Morgan fingerprint density at radius 1 is 1.50 bits per heavy atom. The number of hydrogen-bond donors (Lipinski definition) is 0. The lowest BCUT2D eigenvalue weighted by Crippen LogP contribution is -2.00. The quantitative estimate of drug-likeness (QED) is 0.763. The highest BCUT2D eigenvalue weighted by molar-refractivity contribution is 7.14. The molecular weight excluding hydrogens is 244 g/mol. The van der Waals surface area contributed by atoms with Gasteiger partial charge in [-0.05, 0) is 29.9 Å². The number of methoxy groups -OCH3 is 1. The molecule has 1 saturated carbocycles. The highest BCUT2D eigenvalue weighted by atomic mass is 35.5. The van der Waals surface area contributed by atoms with Crippen LogP contribution in [-0.2, 0) is 16.0 Å². The first kappa shape index (κ1) is 13.5. The molecule has 4 heteroatoms. The van der Waals surface area contributed by atoms with Gasteiger partial charge in [0.25, 0.3) is 0 Å². The van der Waals surface area contributed by atoms with Gasteiger partial charge in [0, 0.05) is 6.42 Å². The van der Waals surface area contributed by atoms with E-state index in [9.17, 15) is 4.79 Å². The maximum Gasteiger partial charge on any atom is 0.305 e. The fourth-order valence-corrected chi connectivity index (χ4v) is 1.96. The lowest BCUT2D eigenvalue weighted by atomic mass is 10.1. The van der Waals surface area contributed by atoms with Gasteiger partial charge in [0.2, 0.25) is 0 Å². The number of carbonyl (C=O) groups excluding carboxylic acids is 1. The Bertz CT molecular complexity index is 318. The second-order valence-corrected chi connectivity index (χ2v) is 5.29. The average molecular weight is 261 g/mol. The van der Waals surface area contributed by atoms with Crippen LogP contribution in [0.15, 0.2) is 11.4 Å². The van der Waals surface area contributed by atoms with E-state index in [4.69, 9.17) is 11.6 Å². The Morgan fingerprint density at radius 2 is 2.19 bits per heavy atom. The second kappa shape index (κ2) is 7.69. The van der Waals surface area contributed by atoms with Gasteiger partial charge in [0.05, 0.1) is 11.4 Å².